The maximum atomic E-state index is 13.8. The summed E-state index contributed by atoms with van der Waals surface area (Å²) in [5, 5.41) is 0.377. The van der Waals surface area contributed by atoms with Crippen molar-refractivity contribution in [1.29, 1.82) is 0 Å². The van der Waals surface area contributed by atoms with Gasteiger partial charge in [0.05, 0.1) is 5.56 Å². The molecular weight excluding hydrogens is 403 g/mol. The highest BCUT2D eigenvalue weighted by molar-refractivity contribution is 6.30. The first-order valence-corrected chi connectivity index (χ1v) is 11.3. The Balaban J connectivity index is 1.48. The summed E-state index contributed by atoms with van der Waals surface area (Å²) in [6, 6.07) is 21.8. The molecule has 0 unspecified atom stereocenters. The molecule has 0 saturated carbocycles. The number of rotatable bonds is 8. The van der Waals surface area contributed by atoms with Gasteiger partial charge in [-0.05, 0) is 92.5 Å². The van der Waals surface area contributed by atoms with Gasteiger partial charge in [0.25, 0.3) is 0 Å². The van der Waals surface area contributed by atoms with E-state index in [4.69, 9.17) is 11.6 Å². The van der Waals surface area contributed by atoms with Crippen molar-refractivity contribution in [2.75, 3.05) is 0 Å². The predicted octanol–water partition coefficient (Wildman–Crippen LogP) is 7.95. The van der Waals surface area contributed by atoms with Crippen molar-refractivity contribution in [2.45, 2.75) is 45.4 Å². The fraction of sp³-hybridized carbons (Fsp3) is 0.241. The van der Waals surface area contributed by atoms with Gasteiger partial charge in [0.2, 0.25) is 0 Å². The first-order chi connectivity index (χ1) is 15.1. The second-order valence-corrected chi connectivity index (χ2v) is 8.14. The molecule has 0 atom stereocenters. The third-order valence-corrected chi connectivity index (χ3v) is 5.51. The Hall–Kier alpha value is -2.82. The molecule has 0 spiro atoms. The fourth-order valence-corrected chi connectivity index (χ4v) is 3.56. The van der Waals surface area contributed by atoms with E-state index in [-0.39, 0.29) is 0 Å². The van der Waals surface area contributed by atoms with E-state index in [1.807, 2.05) is 12.1 Å². The van der Waals surface area contributed by atoms with E-state index >= 15 is 0 Å². The van der Waals surface area contributed by atoms with Gasteiger partial charge in [0.1, 0.15) is 5.82 Å². The molecule has 0 saturated heterocycles. The van der Waals surface area contributed by atoms with Gasteiger partial charge in [0.15, 0.2) is 0 Å². The van der Waals surface area contributed by atoms with E-state index in [9.17, 15) is 4.39 Å². The third kappa shape index (κ3) is 7.74. The molecule has 31 heavy (non-hydrogen) atoms. The Kier molecular flexibility index (Phi) is 8.95. The lowest BCUT2D eigenvalue weighted by atomic mass is 10.0. The van der Waals surface area contributed by atoms with E-state index in [1.165, 1.54) is 42.0 Å². The van der Waals surface area contributed by atoms with E-state index < -0.39 is 5.82 Å². The molecule has 3 rings (SSSR count). The zero-order valence-corrected chi connectivity index (χ0v) is 18.8. The molecule has 0 amide bonds. The number of halogens is 2. The number of benzene rings is 3. The highest BCUT2D eigenvalue weighted by Gasteiger charge is 2.00. The molecule has 0 heterocycles. The van der Waals surface area contributed by atoms with E-state index in [0.717, 1.165) is 24.8 Å². The van der Waals surface area contributed by atoms with Crippen molar-refractivity contribution in [3.05, 3.63) is 118 Å². The molecule has 0 N–H and O–H groups in total. The monoisotopic (exact) mass is 430 g/mol. The van der Waals surface area contributed by atoms with Crippen molar-refractivity contribution in [1.82, 2.24) is 0 Å². The highest BCUT2D eigenvalue weighted by Crippen LogP contribution is 2.15. The SMILES string of the molecule is C/C=C/CCCCc1ccc(CCc2ccc(C#Cc3ccc(Cl)cc3F)cc2)cc1. The van der Waals surface area contributed by atoms with Crippen LogP contribution in [-0.2, 0) is 19.3 Å². The zero-order valence-electron chi connectivity index (χ0n) is 18.0. The number of hydrogen-bond donors (Lipinski definition) is 0. The van der Waals surface area contributed by atoms with Gasteiger partial charge < -0.3 is 0 Å². The summed E-state index contributed by atoms with van der Waals surface area (Å²) in [7, 11) is 0. The Morgan fingerprint density at radius 1 is 0.774 bits per heavy atom. The lowest BCUT2D eigenvalue weighted by molar-refractivity contribution is 0.624. The van der Waals surface area contributed by atoms with E-state index in [2.05, 4.69) is 67.3 Å². The van der Waals surface area contributed by atoms with Crippen LogP contribution in [0.25, 0.3) is 0 Å². The number of unbranched alkanes of at least 4 members (excludes halogenated alkanes) is 2. The van der Waals surface area contributed by atoms with Crippen LogP contribution >= 0.6 is 11.6 Å². The normalized spacial score (nSPS) is 10.8. The van der Waals surface area contributed by atoms with Crippen LogP contribution in [0.2, 0.25) is 5.02 Å². The van der Waals surface area contributed by atoms with Gasteiger partial charge in [-0.3, -0.25) is 0 Å². The van der Waals surface area contributed by atoms with Crippen LogP contribution in [0.3, 0.4) is 0 Å². The fourth-order valence-electron chi connectivity index (χ4n) is 3.40. The van der Waals surface area contributed by atoms with Crippen molar-refractivity contribution in [3.63, 3.8) is 0 Å². The van der Waals surface area contributed by atoms with Crippen LogP contribution in [0.1, 0.15) is 54.0 Å². The Labute approximate surface area is 190 Å². The van der Waals surface area contributed by atoms with Gasteiger partial charge in [-0.15, -0.1) is 0 Å². The summed E-state index contributed by atoms with van der Waals surface area (Å²) in [6.07, 6.45) is 11.2. The summed E-state index contributed by atoms with van der Waals surface area (Å²) in [4.78, 5) is 0. The molecule has 3 aromatic carbocycles. The Morgan fingerprint density at radius 3 is 2.00 bits per heavy atom. The molecular formula is C29H28ClF. The second kappa shape index (κ2) is 12.1. The number of allylic oxidation sites excluding steroid dienone is 2. The smallest absolute Gasteiger partial charge is 0.140 e. The van der Waals surface area contributed by atoms with Gasteiger partial charge in [-0.2, -0.15) is 0 Å². The van der Waals surface area contributed by atoms with E-state index in [0.29, 0.717) is 10.6 Å². The van der Waals surface area contributed by atoms with Crippen LogP contribution in [0.4, 0.5) is 4.39 Å². The molecule has 0 aliphatic heterocycles. The summed E-state index contributed by atoms with van der Waals surface area (Å²) in [6.45, 7) is 2.08. The van der Waals surface area contributed by atoms with Crippen LogP contribution in [0.15, 0.2) is 78.9 Å². The Bertz CT molecular complexity index is 1050. The molecule has 2 heteroatoms. The molecule has 3 aromatic rings. The number of aryl methyl sites for hydroxylation is 3. The standard InChI is InChI=1S/C29H28ClF/c1-2-3-4-5-6-7-23-8-10-24(11-9-23)12-13-25-14-16-26(17-15-25)18-19-27-20-21-28(30)22-29(27)31/h2-3,8-11,14-17,20-22H,4-7,12-13H2,1H3/b3-2+. The molecule has 0 radical (unpaired) electrons. The predicted molar refractivity (Wildman–Crippen MR) is 130 cm³/mol. The quantitative estimate of drug-likeness (QED) is 0.193. The van der Waals surface area contributed by atoms with Crippen molar-refractivity contribution < 1.29 is 4.39 Å². The van der Waals surface area contributed by atoms with Gasteiger partial charge in [-0.1, -0.05) is 72.0 Å². The Morgan fingerprint density at radius 2 is 1.39 bits per heavy atom. The lowest BCUT2D eigenvalue weighted by Gasteiger charge is -2.05. The zero-order chi connectivity index (χ0) is 21.9. The minimum atomic E-state index is -0.392. The molecule has 158 valence electrons. The second-order valence-electron chi connectivity index (χ2n) is 7.70. The maximum absolute atomic E-state index is 13.8. The maximum Gasteiger partial charge on any atom is 0.140 e. The van der Waals surface area contributed by atoms with Gasteiger partial charge in [0, 0.05) is 10.6 Å². The minimum Gasteiger partial charge on any atom is -0.206 e. The van der Waals surface area contributed by atoms with Crippen LogP contribution < -0.4 is 0 Å². The highest BCUT2D eigenvalue weighted by atomic mass is 35.5. The molecule has 0 aliphatic rings. The third-order valence-electron chi connectivity index (χ3n) is 5.27. The summed E-state index contributed by atoms with van der Waals surface area (Å²) in [5.74, 6) is 5.50. The molecule has 0 bridgehead atoms. The van der Waals surface area contributed by atoms with Crippen molar-refractivity contribution >= 4 is 11.6 Å². The van der Waals surface area contributed by atoms with Crippen LogP contribution in [0.5, 0.6) is 0 Å². The minimum absolute atomic E-state index is 0.356. The topological polar surface area (TPSA) is 0 Å². The van der Waals surface area contributed by atoms with Crippen LogP contribution in [0, 0.1) is 17.7 Å². The van der Waals surface area contributed by atoms with E-state index in [1.54, 1.807) is 12.1 Å². The van der Waals surface area contributed by atoms with Crippen molar-refractivity contribution in [3.8, 4) is 11.8 Å². The summed E-state index contributed by atoms with van der Waals surface area (Å²) < 4.78 is 13.8. The molecule has 0 aliphatic carbocycles. The summed E-state index contributed by atoms with van der Waals surface area (Å²) >= 11 is 5.78. The first kappa shape index (κ1) is 22.9. The molecule has 0 nitrogen and oxygen atoms in total. The first-order valence-electron chi connectivity index (χ1n) is 10.9. The average Bonchev–Trinajstić information content (AvgIpc) is 2.78. The van der Waals surface area contributed by atoms with Gasteiger partial charge >= 0.3 is 0 Å². The lowest BCUT2D eigenvalue weighted by Crippen LogP contribution is -1.93. The molecule has 0 fully saturated rings. The van der Waals surface area contributed by atoms with Crippen molar-refractivity contribution in [2.24, 2.45) is 0 Å². The van der Waals surface area contributed by atoms with Gasteiger partial charge in [-0.25, -0.2) is 4.39 Å². The van der Waals surface area contributed by atoms with Crippen LogP contribution in [-0.4, -0.2) is 0 Å². The average molecular weight is 431 g/mol. The summed E-state index contributed by atoms with van der Waals surface area (Å²) in [5.41, 5.74) is 5.28. The number of hydrogen-bond acceptors (Lipinski definition) is 0. The molecule has 0 aromatic heterocycles. The largest absolute Gasteiger partial charge is 0.206 e.